The number of nitrogens with one attached hydrogen (secondary N) is 2. The van der Waals surface area contributed by atoms with Crippen molar-refractivity contribution >= 4 is 6.09 Å². The van der Waals surface area contributed by atoms with Gasteiger partial charge in [0, 0.05) is 51.5 Å². The molecule has 1 fully saturated rings. The highest BCUT2D eigenvalue weighted by molar-refractivity contribution is 5.68. The molecular formula is C16H29N5O2. The minimum atomic E-state index is -0.430. The summed E-state index contributed by atoms with van der Waals surface area (Å²) >= 11 is 0. The van der Waals surface area contributed by atoms with Crippen molar-refractivity contribution in [2.24, 2.45) is 0 Å². The Morgan fingerprint density at radius 2 is 2.09 bits per heavy atom. The van der Waals surface area contributed by atoms with E-state index in [0.29, 0.717) is 0 Å². The quantitative estimate of drug-likeness (QED) is 0.861. The zero-order chi connectivity index (χ0) is 16.9. The minimum absolute atomic E-state index is 0.205. The second kappa shape index (κ2) is 7.79. The average Bonchev–Trinajstić information content (AvgIpc) is 3.00. The summed E-state index contributed by atoms with van der Waals surface area (Å²) in [5.41, 5.74) is 0.667. The van der Waals surface area contributed by atoms with Gasteiger partial charge >= 0.3 is 6.09 Å². The molecule has 1 aromatic rings. The highest BCUT2D eigenvalue weighted by Gasteiger charge is 2.25. The molecule has 0 aromatic carbocycles. The molecule has 23 heavy (non-hydrogen) atoms. The van der Waals surface area contributed by atoms with Crippen LogP contribution in [0.5, 0.6) is 0 Å². The van der Waals surface area contributed by atoms with Gasteiger partial charge in [0.15, 0.2) is 0 Å². The molecular weight excluding hydrogens is 294 g/mol. The number of hydrogen-bond donors (Lipinski definition) is 2. The first kappa shape index (κ1) is 17.7. The van der Waals surface area contributed by atoms with Crippen molar-refractivity contribution in [3.8, 4) is 0 Å². The predicted molar refractivity (Wildman–Crippen MR) is 89.3 cm³/mol. The maximum Gasteiger partial charge on any atom is 0.410 e. The molecule has 2 heterocycles. The van der Waals surface area contributed by atoms with Gasteiger partial charge < -0.3 is 15.0 Å². The Bertz CT molecular complexity index is 475. The van der Waals surface area contributed by atoms with Crippen molar-refractivity contribution < 1.29 is 9.53 Å². The molecule has 7 heteroatoms. The number of rotatable bonds is 5. The number of ether oxygens (including phenoxy) is 1. The first-order chi connectivity index (χ1) is 10.8. The number of aromatic amines is 1. The van der Waals surface area contributed by atoms with Crippen molar-refractivity contribution in [2.75, 3.05) is 39.3 Å². The number of H-pyrrole nitrogens is 1. The van der Waals surface area contributed by atoms with E-state index in [0.717, 1.165) is 45.0 Å². The third kappa shape index (κ3) is 5.84. The fraction of sp³-hybridized carbons (Fsp3) is 0.750. The summed E-state index contributed by atoms with van der Waals surface area (Å²) in [6, 6.07) is 2.25. The fourth-order valence-electron chi connectivity index (χ4n) is 2.54. The maximum absolute atomic E-state index is 12.0. The lowest BCUT2D eigenvalue weighted by atomic mass is 10.2. The van der Waals surface area contributed by atoms with Crippen LogP contribution in [0.25, 0.3) is 0 Å². The van der Waals surface area contributed by atoms with Crippen LogP contribution in [0.1, 0.15) is 39.4 Å². The number of piperazine rings is 1. The van der Waals surface area contributed by atoms with E-state index in [1.165, 1.54) is 0 Å². The molecule has 1 aliphatic heterocycles. The van der Waals surface area contributed by atoms with Gasteiger partial charge in [-0.25, -0.2) is 4.79 Å². The van der Waals surface area contributed by atoms with E-state index in [-0.39, 0.29) is 12.1 Å². The number of nitrogens with zero attached hydrogens (tertiary/aromatic N) is 3. The third-order valence-electron chi connectivity index (χ3n) is 3.89. The number of amides is 1. The number of carbonyl (C=O) groups excluding carboxylic acids is 1. The minimum Gasteiger partial charge on any atom is -0.444 e. The summed E-state index contributed by atoms with van der Waals surface area (Å²) in [6.07, 6.45) is 1.56. The molecule has 130 valence electrons. The lowest BCUT2D eigenvalue weighted by Gasteiger charge is -2.35. The topological polar surface area (TPSA) is 73.5 Å². The van der Waals surface area contributed by atoms with E-state index in [9.17, 15) is 4.79 Å². The molecule has 7 nitrogen and oxygen atoms in total. The molecule has 2 N–H and O–H groups in total. The van der Waals surface area contributed by atoms with Crippen LogP contribution in [0.15, 0.2) is 12.3 Å². The Morgan fingerprint density at radius 3 is 2.65 bits per heavy atom. The van der Waals surface area contributed by atoms with Gasteiger partial charge in [0.1, 0.15) is 5.60 Å². The van der Waals surface area contributed by atoms with Gasteiger partial charge in [0.2, 0.25) is 0 Å². The molecule has 0 bridgehead atoms. The van der Waals surface area contributed by atoms with E-state index in [4.69, 9.17) is 4.74 Å². The second-order valence-electron chi connectivity index (χ2n) is 7.00. The normalized spacial score (nSPS) is 18.0. The summed E-state index contributed by atoms with van der Waals surface area (Å²) in [7, 11) is 0. The van der Waals surface area contributed by atoms with Gasteiger partial charge in [-0.15, -0.1) is 0 Å². The number of hydrogen-bond acceptors (Lipinski definition) is 5. The SMILES string of the molecule is CC(NCCN1CCN(C(=O)OC(C)(C)C)CC1)c1ccn[nH]1. The van der Waals surface area contributed by atoms with E-state index >= 15 is 0 Å². The van der Waals surface area contributed by atoms with E-state index in [1.54, 1.807) is 11.1 Å². The molecule has 0 saturated carbocycles. The van der Waals surface area contributed by atoms with Crippen molar-refractivity contribution in [1.29, 1.82) is 0 Å². The zero-order valence-electron chi connectivity index (χ0n) is 14.6. The molecule has 0 spiro atoms. The molecule has 1 aromatic heterocycles. The average molecular weight is 323 g/mol. The van der Waals surface area contributed by atoms with Gasteiger partial charge in [-0.2, -0.15) is 5.10 Å². The van der Waals surface area contributed by atoms with Crippen LogP contribution in [0.2, 0.25) is 0 Å². The van der Waals surface area contributed by atoms with Gasteiger partial charge in [-0.1, -0.05) is 0 Å². The first-order valence-corrected chi connectivity index (χ1v) is 8.28. The Hall–Kier alpha value is -1.60. The van der Waals surface area contributed by atoms with Crippen molar-refractivity contribution in [1.82, 2.24) is 25.3 Å². The second-order valence-corrected chi connectivity index (χ2v) is 7.00. The molecule has 0 aliphatic carbocycles. The van der Waals surface area contributed by atoms with Gasteiger partial charge in [0.05, 0.1) is 5.69 Å². The Morgan fingerprint density at radius 1 is 1.39 bits per heavy atom. The largest absolute Gasteiger partial charge is 0.444 e. The van der Waals surface area contributed by atoms with Gasteiger partial charge in [0.25, 0.3) is 0 Å². The van der Waals surface area contributed by atoms with E-state index in [2.05, 4.69) is 27.3 Å². The Balaban J connectivity index is 1.64. The van der Waals surface area contributed by atoms with Crippen LogP contribution >= 0.6 is 0 Å². The summed E-state index contributed by atoms with van der Waals surface area (Å²) in [5.74, 6) is 0. The fourth-order valence-corrected chi connectivity index (χ4v) is 2.54. The molecule has 1 unspecified atom stereocenters. The summed E-state index contributed by atoms with van der Waals surface area (Å²) < 4.78 is 5.41. The molecule has 1 atom stereocenters. The van der Waals surface area contributed by atoms with Crippen LogP contribution in [-0.2, 0) is 4.74 Å². The van der Waals surface area contributed by atoms with Crippen molar-refractivity contribution in [3.63, 3.8) is 0 Å². The van der Waals surface area contributed by atoms with Crippen LogP contribution in [-0.4, -0.2) is 71.0 Å². The zero-order valence-corrected chi connectivity index (χ0v) is 14.6. The van der Waals surface area contributed by atoms with E-state index in [1.807, 2.05) is 26.8 Å². The van der Waals surface area contributed by atoms with Crippen molar-refractivity contribution in [3.05, 3.63) is 18.0 Å². The maximum atomic E-state index is 12.0. The van der Waals surface area contributed by atoms with Crippen LogP contribution in [0.3, 0.4) is 0 Å². The lowest BCUT2D eigenvalue weighted by Crippen LogP contribution is -2.51. The molecule has 1 aliphatic rings. The summed E-state index contributed by atoms with van der Waals surface area (Å²) in [6.45, 7) is 12.9. The van der Waals surface area contributed by atoms with E-state index < -0.39 is 5.60 Å². The molecule has 0 radical (unpaired) electrons. The Labute approximate surface area is 138 Å². The summed E-state index contributed by atoms with van der Waals surface area (Å²) in [5, 5.41) is 10.4. The van der Waals surface area contributed by atoms with Gasteiger partial charge in [-0.3, -0.25) is 10.00 Å². The Kier molecular flexibility index (Phi) is 6.01. The number of aromatic nitrogens is 2. The number of carbonyl (C=O) groups is 1. The van der Waals surface area contributed by atoms with Crippen LogP contribution in [0, 0.1) is 0 Å². The highest BCUT2D eigenvalue weighted by atomic mass is 16.6. The van der Waals surface area contributed by atoms with Crippen LogP contribution < -0.4 is 5.32 Å². The first-order valence-electron chi connectivity index (χ1n) is 8.28. The van der Waals surface area contributed by atoms with Gasteiger partial charge in [-0.05, 0) is 33.8 Å². The predicted octanol–water partition coefficient (Wildman–Crippen LogP) is 1.61. The van der Waals surface area contributed by atoms with Crippen LogP contribution in [0.4, 0.5) is 4.79 Å². The van der Waals surface area contributed by atoms with Crippen molar-refractivity contribution in [2.45, 2.75) is 39.3 Å². The smallest absolute Gasteiger partial charge is 0.410 e. The molecule has 2 rings (SSSR count). The highest BCUT2D eigenvalue weighted by Crippen LogP contribution is 2.12. The standard InChI is InChI=1S/C16H29N5O2/c1-13(14-5-6-18-19-14)17-7-8-20-9-11-21(12-10-20)15(22)23-16(2,3)4/h5-6,13,17H,7-12H2,1-4H3,(H,18,19). The monoisotopic (exact) mass is 323 g/mol. The third-order valence-corrected chi connectivity index (χ3v) is 3.89. The molecule has 1 saturated heterocycles. The lowest BCUT2D eigenvalue weighted by molar-refractivity contribution is 0.0146. The summed E-state index contributed by atoms with van der Waals surface area (Å²) in [4.78, 5) is 16.2. The molecule has 1 amide bonds.